The molecule has 0 fully saturated rings. The van der Waals surface area contributed by atoms with Crippen LogP contribution in [0.1, 0.15) is 50.4 Å². The minimum atomic E-state index is -0.514. The van der Waals surface area contributed by atoms with E-state index in [-0.39, 0.29) is 17.5 Å². The molecule has 0 radical (unpaired) electrons. The molecule has 0 atom stereocenters. The average Bonchev–Trinajstić information content (AvgIpc) is 2.36. The number of benzene rings is 1. The number of rotatable bonds is 6. The summed E-state index contributed by atoms with van der Waals surface area (Å²) in [6.07, 6.45) is 3.09. The van der Waals surface area contributed by atoms with Crippen molar-refractivity contribution in [2.75, 3.05) is 12.3 Å². The average molecular weight is 266 g/mol. The van der Waals surface area contributed by atoms with Crippen LogP contribution in [0.4, 0.5) is 10.1 Å². The minimum Gasteiger partial charge on any atom is -0.399 e. The van der Waals surface area contributed by atoms with Gasteiger partial charge in [0, 0.05) is 18.3 Å². The normalized spacial score (nSPS) is 10.8. The number of halogens is 1. The monoisotopic (exact) mass is 266 g/mol. The van der Waals surface area contributed by atoms with E-state index in [1.54, 1.807) is 4.90 Å². The predicted octanol–water partition coefficient (Wildman–Crippen LogP) is 3.45. The Hall–Kier alpha value is -1.58. The summed E-state index contributed by atoms with van der Waals surface area (Å²) in [7, 11) is 0. The molecule has 0 aliphatic rings. The summed E-state index contributed by atoms with van der Waals surface area (Å²) in [4.78, 5) is 14.1. The number of nitrogens with zero attached hydrogens (tertiary/aromatic N) is 1. The van der Waals surface area contributed by atoms with Gasteiger partial charge in [-0.05, 0) is 38.5 Å². The van der Waals surface area contributed by atoms with Gasteiger partial charge >= 0.3 is 0 Å². The number of carbonyl (C=O) groups is 1. The Bertz CT molecular complexity index is 432. The lowest BCUT2D eigenvalue weighted by molar-refractivity contribution is 0.0697. The first kappa shape index (κ1) is 15.5. The van der Waals surface area contributed by atoms with Crippen molar-refractivity contribution in [2.24, 2.45) is 0 Å². The van der Waals surface area contributed by atoms with Crippen molar-refractivity contribution in [3.8, 4) is 0 Å². The van der Waals surface area contributed by atoms with E-state index >= 15 is 0 Å². The summed E-state index contributed by atoms with van der Waals surface area (Å²) in [5, 5.41) is 0. The highest BCUT2D eigenvalue weighted by atomic mass is 19.1. The van der Waals surface area contributed by atoms with Crippen LogP contribution in [0.25, 0.3) is 0 Å². The van der Waals surface area contributed by atoms with Crippen LogP contribution in [0.2, 0.25) is 0 Å². The summed E-state index contributed by atoms with van der Waals surface area (Å²) in [5.41, 5.74) is 6.09. The highest BCUT2D eigenvalue weighted by Gasteiger charge is 2.21. The topological polar surface area (TPSA) is 46.3 Å². The quantitative estimate of drug-likeness (QED) is 0.633. The number of nitrogen functional groups attached to an aromatic ring is 1. The Kier molecular flexibility index (Phi) is 5.80. The second-order valence-electron chi connectivity index (χ2n) is 5.04. The number of hydrogen-bond donors (Lipinski definition) is 1. The maximum Gasteiger partial charge on any atom is 0.257 e. The molecule has 0 aliphatic carbocycles. The van der Waals surface area contributed by atoms with Crippen LogP contribution in [-0.4, -0.2) is 23.4 Å². The third-order valence-electron chi connectivity index (χ3n) is 3.11. The fourth-order valence-corrected chi connectivity index (χ4v) is 1.99. The van der Waals surface area contributed by atoms with Gasteiger partial charge in [0.1, 0.15) is 5.82 Å². The number of anilines is 1. The van der Waals surface area contributed by atoms with Gasteiger partial charge in [-0.15, -0.1) is 0 Å². The van der Waals surface area contributed by atoms with E-state index in [1.807, 2.05) is 13.8 Å². The van der Waals surface area contributed by atoms with E-state index in [9.17, 15) is 9.18 Å². The van der Waals surface area contributed by atoms with Crippen molar-refractivity contribution in [1.29, 1.82) is 0 Å². The van der Waals surface area contributed by atoms with Gasteiger partial charge in [-0.2, -0.15) is 0 Å². The number of carbonyl (C=O) groups excluding carboxylic acids is 1. The molecule has 0 bridgehead atoms. The van der Waals surface area contributed by atoms with Gasteiger partial charge in [0.2, 0.25) is 0 Å². The van der Waals surface area contributed by atoms with Crippen LogP contribution in [0.3, 0.4) is 0 Å². The second kappa shape index (κ2) is 7.12. The molecule has 3 nitrogen and oxygen atoms in total. The maximum atomic E-state index is 13.7. The number of hydrogen-bond acceptors (Lipinski definition) is 2. The van der Waals surface area contributed by atoms with E-state index in [4.69, 9.17) is 5.73 Å². The lowest BCUT2D eigenvalue weighted by atomic mass is 10.1. The van der Waals surface area contributed by atoms with Gasteiger partial charge in [-0.1, -0.05) is 19.8 Å². The fourth-order valence-electron chi connectivity index (χ4n) is 1.99. The largest absolute Gasteiger partial charge is 0.399 e. The van der Waals surface area contributed by atoms with Gasteiger partial charge in [0.15, 0.2) is 0 Å². The summed E-state index contributed by atoms with van der Waals surface area (Å²) in [6, 6.07) is 4.16. The standard InChI is InChI=1S/C15H23FN2O/c1-4-5-6-9-18(11(2)3)15(19)13-10-12(17)7-8-14(13)16/h7-8,10-11H,4-6,9,17H2,1-3H3. The van der Waals surface area contributed by atoms with Crippen LogP contribution in [-0.2, 0) is 0 Å². The fraction of sp³-hybridized carbons (Fsp3) is 0.533. The first-order chi connectivity index (χ1) is 8.97. The van der Waals surface area contributed by atoms with Crippen molar-refractivity contribution in [3.63, 3.8) is 0 Å². The molecule has 0 heterocycles. The number of nitrogens with two attached hydrogens (primary N) is 1. The summed E-state index contributed by atoms with van der Waals surface area (Å²) in [6.45, 7) is 6.64. The molecule has 1 aromatic rings. The van der Waals surface area contributed by atoms with Crippen molar-refractivity contribution in [2.45, 2.75) is 46.1 Å². The van der Waals surface area contributed by atoms with Crippen LogP contribution in [0.15, 0.2) is 18.2 Å². The van der Waals surface area contributed by atoms with E-state index < -0.39 is 5.82 Å². The van der Waals surface area contributed by atoms with Crippen LogP contribution in [0.5, 0.6) is 0 Å². The van der Waals surface area contributed by atoms with Gasteiger partial charge in [-0.3, -0.25) is 4.79 Å². The molecule has 19 heavy (non-hydrogen) atoms. The third kappa shape index (κ3) is 4.23. The van der Waals surface area contributed by atoms with E-state index in [0.29, 0.717) is 12.2 Å². The zero-order chi connectivity index (χ0) is 14.4. The van der Waals surface area contributed by atoms with E-state index in [1.165, 1.54) is 18.2 Å². The molecule has 1 amide bonds. The lowest BCUT2D eigenvalue weighted by Gasteiger charge is -2.27. The molecule has 0 saturated carbocycles. The molecule has 0 aliphatic heterocycles. The van der Waals surface area contributed by atoms with Crippen LogP contribution < -0.4 is 5.73 Å². The van der Waals surface area contributed by atoms with Crippen LogP contribution in [0, 0.1) is 5.82 Å². The maximum absolute atomic E-state index is 13.7. The Morgan fingerprint density at radius 3 is 2.63 bits per heavy atom. The van der Waals surface area contributed by atoms with E-state index in [0.717, 1.165) is 19.3 Å². The molecule has 0 spiro atoms. The molecular formula is C15H23FN2O. The zero-order valence-electron chi connectivity index (χ0n) is 11.9. The number of amides is 1. The number of unbranched alkanes of at least 4 members (excludes halogenated alkanes) is 2. The molecule has 0 aromatic heterocycles. The van der Waals surface area contributed by atoms with Crippen molar-refractivity contribution in [1.82, 2.24) is 4.90 Å². The van der Waals surface area contributed by atoms with Gasteiger partial charge in [0.05, 0.1) is 5.56 Å². The van der Waals surface area contributed by atoms with Crippen molar-refractivity contribution in [3.05, 3.63) is 29.6 Å². The van der Waals surface area contributed by atoms with Crippen molar-refractivity contribution < 1.29 is 9.18 Å². The summed E-state index contributed by atoms with van der Waals surface area (Å²) in [5.74, 6) is -0.795. The third-order valence-corrected chi connectivity index (χ3v) is 3.11. The Morgan fingerprint density at radius 2 is 2.05 bits per heavy atom. The Morgan fingerprint density at radius 1 is 1.37 bits per heavy atom. The summed E-state index contributed by atoms with van der Waals surface area (Å²) < 4.78 is 13.7. The Balaban J connectivity index is 2.89. The molecule has 0 saturated heterocycles. The second-order valence-corrected chi connectivity index (χ2v) is 5.04. The first-order valence-corrected chi connectivity index (χ1v) is 6.83. The van der Waals surface area contributed by atoms with Gasteiger partial charge in [0.25, 0.3) is 5.91 Å². The van der Waals surface area contributed by atoms with E-state index in [2.05, 4.69) is 6.92 Å². The predicted molar refractivity (Wildman–Crippen MR) is 76.5 cm³/mol. The summed E-state index contributed by atoms with van der Waals surface area (Å²) >= 11 is 0. The smallest absolute Gasteiger partial charge is 0.257 e. The molecule has 2 N–H and O–H groups in total. The Labute approximate surface area is 114 Å². The van der Waals surface area contributed by atoms with Gasteiger partial charge < -0.3 is 10.6 Å². The highest BCUT2D eigenvalue weighted by Crippen LogP contribution is 2.16. The zero-order valence-corrected chi connectivity index (χ0v) is 11.9. The van der Waals surface area contributed by atoms with Crippen LogP contribution >= 0.6 is 0 Å². The van der Waals surface area contributed by atoms with Gasteiger partial charge in [-0.25, -0.2) is 4.39 Å². The SMILES string of the molecule is CCCCCN(C(=O)c1cc(N)ccc1F)C(C)C. The molecular weight excluding hydrogens is 243 g/mol. The molecule has 1 aromatic carbocycles. The highest BCUT2D eigenvalue weighted by molar-refractivity contribution is 5.95. The molecule has 4 heteroatoms. The molecule has 0 unspecified atom stereocenters. The first-order valence-electron chi connectivity index (χ1n) is 6.83. The minimum absolute atomic E-state index is 0.0465. The molecule has 1 rings (SSSR count). The lowest BCUT2D eigenvalue weighted by Crippen LogP contribution is -2.38. The van der Waals surface area contributed by atoms with Crippen molar-refractivity contribution >= 4 is 11.6 Å². The molecule has 106 valence electrons.